The maximum atomic E-state index is 12.2. The van der Waals surface area contributed by atoms with E-state index < -0.39 is 54.8 Å². The normalized spacial score (nSPS) is 16.0. The molecule has 0 radical (unpaired) electrons. The molecular weight excluding hydrogens is 400 g/mol. The van der Waals surface area contributed by atoms with Gasteiger partial charge in [0.15, 0.2) is 0 Å². The van der Waals surface area contributed by atoms with Gasteiger partial charge in [-0.25, -0.2) is 4.84 Å². The van der Waals surface area contributed by atoms with Crippen molar-refractivity contribution < 1.29 is 67.1 Å². The monoisotopic (exact) mass is 408 g/mol. The van der Waals surface area contributed by atoms with Crippen molar-refractivity contribution in [3.05, 3.63) is 0 Å². The maximum absolute atomic E-state index is 12.2. The Labute approximate surface area is 130 Å². The van der Waals surface area contributed by atoms with Crippen LogP contribution in [-0.2, 0) is 14.4 Å². The minimum atomic E-state index is -6.22. The van der Waals surface area contributed by atoms with E-state index in [2.05, 4.69) is 14.4 Å². The fourth-order valence-corrected chi connectivity index (χ4v) is 1.10. The minimum absolute atomic E-state index is 0.727. The van der Waals surface area contributed by atoms with Crippen molar-refractivity contribution in [3.63, 3.8) is 0 Å². The maximum Gasteiger partial charge on any atom is 0.490 e. The smallest absolute Gasteiger partial charge is 0.349 e. The number of alkyl halides is 12. The predicted molar refractivity (Wildman–Crippen MR) is 50.3 cm³/mol. The summed E-state index contributed by atoms with van der Waals surface area (Å²) in [6.45, 7) is -1.86. The number of hydroxylamine groups is 4. The topological polar surface area (TPSA) is 34.2 Å². The average molecular weight is 408 g/mol. The number of nitrogens with zero attached hydrogens (tertiary/aromatic N) is 2. The first-order valence-electron chi connectivity index (χ1n) is 5.69. The molecule has 0 rings (SSSR count). The molecule has 0 spiro atoms. The molecule has 0 aliphatic carbocycles. The van der Waals surface area contributed by atoms with Crippen molar-refractivity contribution in [1.82, 2.24) is 10.1 Å². The Morgan fingerprint density at radius 2 is 1.04 bits per heavy atom. The van der Waals surface area contributed by atoms with Gasteiger partial charge in [-0.3, -0.25) is 4.84 Å². The Kier molecular flexibility index (Phi) is 7.77. The van der Waals surface area contributed by atoms with Gasteiger partial charge in [-0.15, -0.1) is 0 Å². The number of hydrogen-bond donors (Lipinski definition) is 0. The van der Waals surface area contributed by atoms with Crippen molar-refractivity contribution >= 4 is 0 Å². The van der Waals surface area contributed by atoms with Crippen LogP contribution in [0.1, 0.15) is 6.92 Å². The van der Waals surface area contributed by atoms with E-state index in [9.17, 15) is 52.7 Å². The third-order valence-electron chi connectivity index (χ3n) is 1.84. The van der Waals surface area contributed by atoms with E-state index in [1.165, 1.54) is 0 Å². The van der Waals surface area contributed by atoms with Gasteiger partial charge in [0.25, 0.3) is 0 Å². The quantitative estimate of drug-likeness (QED) is 0.276. The molecule has 152 valence electrons. The molecule has 1 unspecified atom stereocenters. The van der Waals surface area contributed by atoms with Gasteiger partial charge < -0.3 is 4.74 Å². The molecule has 0 aliphatic heterocycles. The molecule has 0 heterocycles. The van der Waals surface area contributed by atoms with Gasteiger partial charge in [-0.1, -0.05) is 0 Å². The lowest BCUT2D eigenvalue weighted by molar-refractivity contribution is -0.523. The Morgan fingerprint density at radius 3 is 1.32 bits per heavy atom. The Hall–Kier alpha value is -1.04. The molecule has 0 N–H and O–H groups in total. The fourth-order valence-electron chi connectivity index (χ4n) is 1.10. The standard InChI is InChI=1S/C8H8F12N2O3/c1-2-23-4(25-22(7(15,16)17)8(18,19)20)3-24-21(5(9,10)11)6(12,13)14/h4H,2-3H2,1H3. The highest BCUT2D eigenvalue weighted by atomic mass is 19.4. The van der Waals surface area contributed by atoms with Crippen molar-refractivity contribution in [3.8, 4) is 0 Å². The zero-order valence-electron chi connectivity index (χ0n) is 11.6. The Morgan fingerprint density at radius 1 is 0.680 bits per heavy atom. The molecule has 5 nitrogen and oxygen atoms in total. The molecule has 0 aromatic carbocycles. The summed E-state index contributed by atoms with van der Waals surface area (Å²) >= 11 is 0. The molecule has 0 aromatic rings. The second-order valence-electron chi connectivity index (χ2n) is 3.75. The summed E-state index contributed by atoms with van der Waals surface area (Å²) < 4.78 is 150. The van der Waals surface area contributed by atoms with E-state index in [0.29, 0.717) is 0 Å². The van der Waals surface area contributed by atoms with Crippen molar-refractivity contribution in [2.45, 2.75) is 38.4 Å². The molecule has 0 fully saturated rings. The van der Waals surface area contributed by atoms with Gasteiger partial charge in [0.2, 0.25) is 6.29 Å². The first kappa shape index (κ1) is 24.0. The predicted octanol–water partition coefficient (Wildman–Crippen LogP) is 3.90. The zero-order valence-corrected chi connectivity index (χ0v) is 11.6. The van der Waals surface area contributed by atoms with E-state index in [-0.39, 0.29) is 0 Å². The van der Waals surface area contributed by atoms with Crippen molar-refractivity contribution in [1.29, 1.82) is 0 Å². The van der Waals surface area contributed by atoms with Crippen LogP contribution < -0.4 is 0 Å². The van der Waals surface area contributed by atoms with Crippen LogP contribution in [0.15, 0.2) is 0 Å². The van der Waals surface area contributed by atoms with E-state index in [4.69, 9.17) is 0 Å². The van der Waals surface area contributed by atoms with E-state index in [1.807, 2.05) is 0 Å². The lowest BCUT2D eigenvalue weighted by Crippen LogP contribution is -2.52. The second kappa shape index (κ2) is 8.11. The van der Waals surface area contributed by atoms with Crippen LogP contribution in [0.5, 0.6) is 0 Å². The van der Waals surface area contributed by atoms with E-state index >= 15 is 0 Å². The average Bonchev–Trinajstić information content (AvgIpc) is 2.29. The SMILES string of the molecule is CCOC(CON(C(F)(F)F)C(F)(F)F)ON(C(F)(F)F)C(F)(F)F. The molecule has 25 heavy (non-hydrogen) atoms. The van der Waals surface area contributed by atoms with Crippen LogP contribution >= 0.6 is 0 Å². The van der Waals surface area contributed by atoms with Gasteiger partial charge in [0.05, 0.1) is 0 Å². The minimum Gasteiger partial charge on any atom is -0.349 e. The van der Waals surface area contributed by atoms with Crippen LogP contribution in [-0.4, -0.2) is 54.8 Å². The van der Waals surface area contributed by atoms with E-state index in [1.54, 1.807) is 0 Å². The highest BCUT2D eigenvalue weighted by molar-refractivity contribution is 4.56. The summed E-state index contributed by atoms with van der Waals surface area (Å²) in [6.07, 6.45) is -27.7. The molecule has 0 amide bonds. The summed E-state index contributed by atoms with van der Waals surface area (Å²) in [5.74, 6) is 0. The number of hydrogen-bond acceptors (Lipinski definition) is 5. The molecule has 0 aliphatic rings. The molecule has 17 heteroatoms. The largest absolute Gasteiger partial charge is 0.490 e. The molecule has 0 saturated heterocycles. The molecule has 0 aromatic heterocycles. The van der Waals surface area contributed by atoms with Crippen LogP contribution in [0.4, 0.5) is 52.7 Å². The Balaban J connectivity index is 5.24. The summed E-state index contributed by atoms with van der Waals surface area (Å²) in [7, 11) is 0. The summed E-state index contributed by atoms with van der Waals surface area (Å²) in [6, 6.07) is 0. The van der Waals surface area contributed by atoms with Crippen LogP contribution in [0, 0.1) is 0 Å². The van der Waals surface area contributed by atoms with Gasteiger partial charge in [-0.05, 0) is 6.92 Å². The number of rotatable bonds is 7. The lowest BCUT2D eigenvalue weighted by atomic mass is 10.7. The molecular formula is C8H8F12N2O3. The zero-order chi connectivity index (χ0) is 20.3. The highest BCUT2D eigenvalue weighted by Crippen LogP contribution is 2.36. The molecule has 1 atom stereocenters. The van der Waals surface area contributed by atoms with Gasteiger partial charge in [0, 0.05) is 16.7 Å². The van der Waals surface area contributed by atoms with Gasteiger partial charge >= 0.3 is 25.2 Å². The highest BCUT2D eigenvalue weighted by Gasteiger charge is 2.58. The van der Waals surface area contributed by atoms with E-state index in [0.717, 1.165) is 6.92 Å². The third kappa shape index (κ3) is 8.25. The van der Waals surface area contributed by atoms with Crippen molar-refractivity contribution in [2.24, 2.45) is 0 Å². The number of halogens is 12. The molecule has 0 saturated carbocycles. The third-order valence-corrected chi connectivity index (χ3v) is 1.84. The second-order valence-corrected chi connectivity index (χ2v) is 3.75. The number of ether oxygens (including phenoxy) is 1. The van der Waals surface area contributed by atoms with Crippen molar-refractivity contribution in [2.75, 3.05) is 13.2 Å². The van der Waals surface area contributed by atoms with Gasteiger partial charge in [-0.2, -0.15) is 52.7 Å². The fraction of sp³-hybridized carbons (Fsp3) is 1.00. The van der Waals surface area contributed by atoms with Crippen LogP contribution in [0.25, 0.3) is 0 Å². The lowest BCUT2D eigenvalue weighted by Gasteiger charge is -2.31. The first-order valence-corrected chi connectivity index (χ1v) is 5.69. The first-order chi connectivity index (χ1) is 10.9. The molecule has 0 bridgehead atoms. The van der Waals surface area contributed by atoms with Crippen LogP contribution in [0.3, 0.4) is 0 Å². The van der Waals surface area contributed by atoms with Gasteiger partial charge in [0.1, 0.15) is 6.61 Å². The summed E-state index contributed by atoms with van der Waals surface area (Å²) in [4.78, 5) is 6.45. The Bertz CT molecular complexity index is 375. The summed E-state index contributed by atoms with van der Waals surface area (Å²) in [5.41, 5.74) is 0. The summed E-state index contributed by atoms with van der Waals surface area (Å²) in [5, 5.41) is -5.10. The van der Waals surface area contributed by atoms with Crippen LogP contribution in [0.2, 0.25) is 0 Å².